The van der Waals surface area contributed by atoms with Crippen LogP contribution in [-0.2, 0) is 0 Å². The van der Waals surface area contributed by atoms with Crippen LogP contribution in [-0.4, -0.2) is 62.5 Å². The summed E-state index contributed by atoms with van der Waals surface area (Å²) in [6.45, 7) is 2.35. The molecule has 0 radical (unpaired) electrons. The Hall–Kier alpha value is -3.13. The number of aromatic nitrogens is 4. The van der Waals surface area contributed by atoms with Crippen LogP contribution in [0.15, 0.2) is 53.4 Å². The number of likely N-dealkylation sites (tertiary alicyclic amines) is 2. The maximum atomic E-state index is 12.5. The highest BCUT2D eigenvalue weighted by Crippen LogP contribution is 2.47. The second kappa shape index (κ2) is 6.49. The standard InChI is InChI=1S/C20H20N6O2/c1-25-10-20(11-26(12-20)19(27)15-7-8-21-13-22-15)9-16(25)17-23-18(28-24-17)14-5-3-2-4-6-14/h2-8,13,16H,9-12H2,1H3. The number of carbonyl (C=O) groups is 1. The molecule has 1 aromatic carbocycles. The lowest BCUT2D eigenvalue weighted by molar-refractivity contribution is 0.0110. The lowest BCUT2D eigenvalue weighted by atomic mass is 9.77. The molecular formula is C20H20N6O2. The fourth-order valence-corrected chi connectivity index (χ4v) is 4.34. The summed E-state index contributed by atoms with van der Waals surface area (Å²) in [6.07, 6.45) is 3.91. The quantitative estimate of drug-likeness (QED) is 0.691. The van der Waals surface area contributed by atoms with Crippen molar-refractivity contribution < 1.29 is 9.32 Å². The van der Waals surface area contributed by atoms with Gasteiger partial charge in [-0.3, -0.25) is 9.69 Å². The lowest BCUT2D eigenvalue weighted by Gasteiger charge is -2.47. The molecule has 0 bridgehead atoms. The van der Waals surface area contributed by atoms with Gasteiger partial charge in [0.25, 0.3) is 11.8 Å². The largest absolute Gasteiger partial charge is 0.336 e. The summed E-state index contributed by atoms with van der Waals surface area (Å²) < 4.78 is 5.48. The van der Waals surface area contributed by atoms with E-state index in [0.717, 1.165) is 31.6 Å². The first-order chi connectivity index (χ1) is 13.6. The molecule has 2 saturated heterocycles. The van der Waals surface area contributed by atoms with Crippen LogP contribution >= 0.6 is 0 Å². The Morgan fingerprint density at radius 1 is 1.18 bits per heavy atom. The fraction of sp³-hybridized carbons (Fsp3) is 0.350. The highest BCUT2D eigenvalue weighted by Gasteiger charge is 2.53. The van der Waals surface area contributed by atoms with E-state index in [0.29, 0.717) is 17.4 Å². The molecule has 28 heavy (non-hydrogen) atoms. The van der Waals surface area contributed by atoms with Gasteiger partial charge in [0.05, 0.1) is 6.04 Å². The van der Waals surface area contributed by atoms with E-state index in [9.17, 15) is 4.79 Å². The average molecular weight is 376 g/mol. The Balaban J connectivity index is 1.28. The molecule has 4 heterocycles. The smallest absolute Gasteiger partial charge is 0.272 e. The number of hydrogen-bond acceptors (Lipinski definition) is 7. The third-order valence-electron chi connectivity index (χ3n) is 5.64. The minimum absolute atomic E-state index is 0.0370. The van der Waals surface area contributed by atoms with Crippen LogP contribution in [0.25, 0.3) is 11.5 Å². The Morgan fingerprint density at radius 2 is 2.00 bits per heavy atom. The van der Waals surface area contributed by atoms with Crippen molar-refractivity contribution in [2.45, 2.75) is 12.5 Å². The molecule has 1 spiro atoms. The molecule has 2 fully saturated rings. The van der Waals surface area contributed by atoms with Crippen LogP contribution in [0.1, 0.15) is 28.8 Å². The van der Waals surface area contributed by atoms with Gasteiger partial charge in [0.2, 0.25) is 0 Å². The number of rotatable bonds is 3. The zero-order valence-electron chi connectivity index (χ0n) is 15.5. The van der Waals surface area contributed by atoms with Crippen molar-refractivity contribution in [2.24, 2.45) is 5.41 Å². The van der Waals surface area contributed by atoms with Gasteiger partial charge in [-0.05, 0) is 31.7 Å². The molecule has 8 nitrogen and oxygen atoms in total. The van der Waals surface area contributed by atoms with Gasteiger partial charge in [-0.25, -0.2) is 9.97 Å². The van der Waals surface area contributed by atoms with Crippen molar-refractivity contribution in [3.05, 3.63) is 60.4 Å². The summed E-state index contributed by atoms with van der Waals surface area (Å²) in [4.78, 5) is 29.2. The summed E-state index contributed by atoms with van der Waals surface area (Å²) in [6, 6.07) is 11.5. The zero-order valence-corrected chi connectivity index (χ0v) is 15.5. The molecule has 0 aliphatic carbocycles. The van der Waals surface area contributed by atoms with Crippen LogP contribution < -0.4 is 0 Å². The maximum absolute atomic E-state index is 12.5. The van der Waals surface area contributed by atoms with Crippen molar-refractivity contribution in [3.63, 3.8) is 0 Å². The first-order valence-corrected chi connectivity index (χ1v) is 9.28. The molecule has 3 aromatic rings. The summed E-state index contributed by atoms with van der Waals surface area (Å²) in [5.41, 5.74) is 1.44. The van der Waals surface area contributed by atoms with E-state index in [-0.39, 0.29) is 17.4 Å². The Bertz CT molecular complexity index is 984. The van der Waals surface area contributed by atoms with Crippen molar-refractivity contribution >= 4 is 5.91 Å². The first-order valence-electron chi connectivity index (χ1n) is 9.28. The van der Waals surface area contributed by atoms with Crippen LogP contribution in [0.5, 0.6) is 0 Å². The zero-order chi connectivity index (χ0) is 19.1. The van der Waals surface area contributed by atoms with Crippen molar-refractivity contribution in [1.82, 2.24) is 29.9 Å². The van der Waals surface area contributed by atoms with E-state index in [1.807, 2.05) is 35.2 Å². The molecule has 142 valence electrons. The summed E-state index contributed by atoms with van der Waals surface area (Å²) in [5.74, 6) is 1.21. The molecule has 1 unspecified atom stereocenters. The van der Waals surface area contributed by atoms with Crippen molar-refractivity contribution in [2.75, 3.05) is 26.7 Å². The molecule has 8 heteroatoms. The molecule has 1 amide bonds. The van der Waals surface area contributed by atoms with Gasteiger partial charge in [0, 0.05) is 36.8 Å². The molecule has 5 rings (SSSR count). The van der Waals surface area contributed by atoms with E-state index in [1.54, 1.807) is 12.3 Å². The van der Waals surface area contributed by atoms with Gasteiger partial charge in [-0.15, -0.1) is 0 Å². The Kier molecular flexibility index (Phi) is 3.94. The molecule has 2 aliphatic rings. The van der Waals surface area contributed by atoms with Crippen LogP contribution in [0.4, 0.5) is 0 Å². The highest BCUT2D eigenvalue weighted by molar-refractivity contribution is 5.92. The maximum Gasteiger partial charge on any atom is 0.272 e. The summed E-state index contributed by atoms with van der Waals surface area (Å²) >= 11 is 0. The average Bonchev–Trinajstić information content (AvgIpc) is 3.32. The normalized spacial score (nSPS) is 21.0. The fourth-order valence-electron chi connectivity index (χ4n) is 4.34. The predicted octanol–water partition coefficient (Wildman–Crippen LogP) is 2.05. The topological polar surface area (TPSA) is 88.3 Å². The van der Waals surface area contributed by atoms with Gasteiger partial charge in [-0.2, -0.15) is 4.98 Å². The highest BCUT2D eigenvalue weighted by atomic mass is 16.5. The Labute approximate surface area is 162 Å². The van der Waals surface area contributed by atoms with Crippen LogP contribution in [0.3, 0.4) is 0 Å². The second-order valence-corrected chi connectivity index (χ2v) is 7.71. The van der Waals surface area contributed by atoms with Gasteiger partial charge in [0.15, 0.2) is 5.82 Å². The summed E-state index contributed by atoms with van der Waals surface area (Å²) in [5, 5.41) is 4.23. The number of nitrogens with zero attached hydrogens (tertiary/aromatic N) is 6. The molecule has 2 aromatic heterocycles. The molecule has 2 aliphatic heterocycles. The van der Waals surface area contributed by atoms with Gasteiger partial charge >= 0.3 is 0 Å². The molecule has 1 atom stereocenters. The molecule has 0 saturated carbocycles. The van der Waals surface area contributed by atoms with E-state index in [2.05, 4.69) is 32.1 Å². The predicted molar refractivity (Wildman–Crippen MR) is 100 cm³/mol. The van der Waals surface area contributed by atoms with E-state index in [1.165, 1.54) is 6.33 Å². The van der Waals surface area contributed by atoms with Crippen molar-refractivity contribution in [1.29, 1.82) is 0 Å². The van der Waals surface area contributed by atoms with Gasteiger partial charge in [0.1, 0.15) is 12.0 Å². The number of amides is 1. The lowest BCUT2D eigenvalue weighted by Crippen LogP contribution is -2.59. The minimum atomic E-state index is -0.0370. The van der Waals surface area contributed by atoms with Crippen LogP contribution in [0, 0.1) is 5.41 Å². The van der Waals surface area contributed by atoms with Gasteiger partial charge < -0.3 is 9.42 Å². The monoisotopic (exact) mass is 376 g/mol. The molecule has 0 N–H and O–H groups in total. The number of hydrogen-bond donors (Lipinski definition) is 0. The molecular weight excluding hydrogens is 356 g/mol. The third kappa shape index (κ3) is 2.86. The summed E-state index contributed by atoms with van der Waals surface area (Å²) in [7, 11) is 2.08. The van der Waals surface area contributed by atoms with E-state index < -0.39 is 0 Å². The Morgan fingerprint density at radius 3 is 2.75 bits per heavy atom. The van der Waals surface area contributed by atoms with Crippen molar-refractivity contribution in [3.8, 4) is 11.5 Å². The van der Waals surface area contributed by atoms with Crippen LogP contribution in [0.2, 0.25) is 0 Å². The minimum Gasteiger partial charge on any atom is -0.336 e. The second-order valence-electron chi connectivity index (χ2n) is 7.71. The van der Waals surface area contributed by atoms with E-state index >= 15 is 0 Å². The van der Waals surface area contributed by atoms with E-state index in [4.69, 9.17) is 4.52 Å². The number of carbonyl (C=O) groups excluding carboxylic acids is 1. The first kappa shape index (κ1) is 17.0. The van der Waals surface area contributed by atoms with Gasteiger partial charge in [-0.1, -0.05) is 23.4 Å². The third-order valence-corrected chi connectivity index (χ3v) is 5.64. The number of benzene rings is 1. The SMILES string of the molecule is CN1CC2(CC1c1noc(-c3ccccc3)n1)CN(C(=O)c1ccncn1)C2.